The second-order valence-corrected chi connectivity index (χ2v) is 5.63. The zero-order valence-corrected chi connectivity index (χ0v) is 12.7. The molecule has 0 unspecified atom stereocenters. The average Bonchev–Trinajstić information content (AvgIpc) is 2.62. The molecule has 0 amide bonds. The van der Waals surface area contributed by atoms with Crippen molar-refractivity contribution in [2.24, 2.45) is 11.8 Å². The van der Waals surface area contributed by atoms with Gasteiger partial charge < -0.3 is 4.74 Å². The number of hydrogen-bond acceptors (Lipinski definition) is 2. The van der Waals surface area contributed by atoms with Crippen molar-refractivity contribution in [2.75, 3.05) is 6.61 Å². The summed E-state index contributed by atoms with van der Waals surface area (Å²) >= 11 is 0. The molecule has 1 aliphatic rings. The smallest absolute Gasteiger partial charge is 0.170 e. The number of rotatable bonds is 4. The molecule has 0 spiro atoms. The van der Waals surface area contributed by atoms with E-state index in [2.05, 4.69) is 6.92 Å². The van der Waals surface area contributed by atoms with Gasteiger partial charge in [0.1, 0.15) is 5.76 Å². The molecule has 0 N–H and O–H groups in total. The molecule has 2 aromatic carbocycles. The Morgan fingerprint density at radius 1 is 1.05 bits per heavy atom. The van der Waals surface area contributed by atoms with Crippen LogP contribution >= 0.6 is 0 Å². The summed E-state index contributed by atoms with van der Waals surface area (Å²) in [5.74, 6) is 1.13. The molecule has 0 bridgehead atoms. The van der Waals surface area contributed by atoms with E-state index in [1.165, 1.54) is 0 Å². The Labute approximate surface area is 131 Å². The normalized spacial score (nSPS) is 20.9. The summed E-state index contributed by atoms with van der Waals surface area (Å²) in [6, 6.07) is 19.5. The van der Waals surface area contributed by atoms with E-state index >= 15 is 0 Å². The van der Waals surface area contributed by atoms with E-state index in [0.29, 0.717) is 6.61 Å². The van der Waals surface area contributed by atoms with Gasteiger partial charge in [0, 0.05) is 17.0 Å². The van der Waals surface area contributed by atoms with Crippen LogP contribution in [0.1, 0.15) is 29.3 Å². The van der Waals surface area contributed by atoms with E-state index in [1.807, 2.05) is 66.7 Å². The van der Waals surface area contributed by atoms with Crippen molar-refractivity contribution >= 4 is 11.5 Å². The van der Waals surface area contributed by atoms with Crippen LogP contribution in [-0.4, -0.2) is 12.4 Å². The standard InChI is InChI=1S/C20H20O2/c1-2-15-14-22-19(16-9-5-3-6-10-16)13-18(15)20(21)17-11-7-4-8-12-17/h3-13,15,18H,2,14H2,1H3/t15-,18-/m1/s1. The van der Waals surface area contributed by atoms with Crippen LogP contribution in [0.15, 0.2) is 66.7 Å². The zero-order valence-electron chi connectivity index (χ0n) is 12.7. The summed E-state index contributed by atoms with van der Waals surface area (Å²) in [5.41, 5.74) is 1.81. The molecule has 0 saturated carbocycles. The lowest BCUT2D eigenvalue weighted by molar-refractivity contribution is 0.0829. The quantitative estimate of drug-likeness (QED) is 0.771. The van der Waals surface area contributed by atoms with Crippen molar-refractivity contribution in [1.82, 2.24) is 0 Å². The van der Waals surface area contributed by atoms with Crippen molar-refractivity contribution in [1.29, 1.82) is 0 Å². The van der Waals surface area contributed by atoms with Crippen molar-refractivity contribution < 1.29 is 9.53 Å². The molecule has 0 aromatic heterocycles. The van der Waals surface area contributed by atoms with E-state index in [-0.39, 0.29) is 17.6 Å². The van der Waals surface area contributed by atoms with Gasteiger partial charge in [0.15, 0.2) is 5.78 Å². The molecular weight excluding hydrogens is 272 g/mol. The van der Waals surface area contributed by atoms with Crippen molar-refractivity contribution in [3.05, 3.63) is 77.9 Å². The zero-order chi connectivity index (χ0) is 15.4. The lowest BCUT2D eigenvalue weighted by atomic mass is 9.82. The van der Waals surface area contributed by atoms with Gasteiger partial charge in [-0.1, -0.05) is 67.6 Å². The second kappa shape index (κ2) is 6.61. The highest BCUT2D eigenvalue weighted by Gasteiger charge is 2.31. The maximum atomic E-state index is 12.8. The summed E-state index contributed by atoms with van der Waals surface area (Å²) in [6.45, 7) is 2.71. The Morgan fingerprint density at radius 2 is 1.68 bits per heavy atom. The first-order chi connectivity index (χ1) is 10.8. The number of Topliss-reactive ketones (excluding diaryl/α,β-unsaturated/α-hetero) is 1. The van der Waals surface area contributed by atoms with Gasteiger partial charge in [0.25, 0.3) is 0 Å². The fraction of sp³-hybridized carbons (Fsp3) is 0.250. The number of allylic oxidation sites excluding steroid dienone is 1. The number of carbonyl (C=O) groups is 1. The van der Waals surface area contributed by atoms with Gasteiger partial charge in [-0.05, 0) is 12.5 Å². The summed E-state index contributed by atoms with van der Waals surface area (Å²) in [4.78, 5) is 12.8. The van der Waals surface area contributed by atoms with E-state index in [9.17, 15) is 4.79 Å². The van der Waals surface area contributed by atoms with E-state index in [4.69, 9.17) is 4.74 Å². The second-order valence-electron chi connectivity index (χ2n) is 5.63. The molecule has 2 atom stereocenters. The Morgan fingerprint density at radius 3 is 2.32 bits per heavy atom. The molecular formula is C20H20O2. The highest BCUT2D eigenvalue weighted by molar-refractivity contribution is 5.99. The van der Waals surface area contributed by atoms with Crippen molar-refractivity contribution in [3.63, 3.8) is 0 Å². The fourth-order valence-electron chi connectivity index (χ4n) is 2.89. The van der Waals surface area contributed by atoms with Crippen LogP contribution < -0.4 is 0 Å². The minimum Gasteiger partial charge on any atom is -0.493 e. The van der Waals surface area contributed by atoms with Gasteiger partial charge in [-0.2, -0.15) is 0 Å². The van der Waals surface area contributed by atoms with Gasteiger partial charge >= 0.3 is 0 Å². The number of carbonyl (C=O) groups excluding carboxylic acids is 1. The number of ketones is 1. The van der Waals surface area contributed by atoms with Crippen molar-refractivity contribution in [2.45, 2.75) is 13.3 Å². The average molecular weight is 292 g/mol. The Kier molecular flexibility index (Phi) is 4.38. The number of hydrogen-bond donors (Lipinski definition) is 0. The number of ether oxygens (including phenoxy) is 1. The maximum Gasteiger partial charge on any atom is 0.170 e. The molecule has 0 radical (unpaired) electrons. The SMILES string of the molecule is CC[C@@H]1COC(c2ccccc2)=C[C@H]1C(=O)c1ccccc1. The summed E-state index contributed by atoms with van der Waals surface area (Å²) in [6.07, 6.45) is 2.93. The Balaban J connectivity index is 1.93. The lowest BCUT2D eigenvalue weighted by Crippen LogP contribution is -2.29. The predicted molar refractivity (Wildman–Crippen MR) is 88.4 cm³/mol. The van der Waals surface area contributed by atoms with Crippen LogP contribution in [-0.2, 0) is 4.74 Å². The molecule has 0 aliphatic carbocycles. The van der Waals surface area contributed by atoms with Crippen LogP contribution in [0.4, 0.5) is 0 Å². The molecule has 0 fully saturated rings. The largest absolute Gasteiger partial charge is 0.493 e. The summed E-state index contributed by atoms with van der Waals surface area (Å²) in [7, 11) is 0. The Bertz CT molecular complexity index is 659. The lowest BCUT2D eigenvalue weighted by Gasteiger charge is -2.29. The Hall–Kier alpha value is -2.35. The maximum absolute atomic E-state index is 12.8. The molecule has 2 aromatic rings. The first-order valence-corrected chi connectivity index (χ1v) is 7.79. The molecule has 1 heterocycles. The van der Waals surface area contributed by atoms with Crippen LogP contribution in [0.5, 0.6) is 0 Å². The predicted octanol–water partition coefficient (Wildman–Crippen LogP) is 4.58. The molecule has 2 nitrogen and oxygen atoms in total. The van der Waals surface area contributed by atoms with Gasteiger partial charge in [-0.25, -0.2) is 0 Å². The van der Waals surface area contributed by atoms with E-state index < -0.39 is 0 Å². The third kappa shape index (κ3) is 2.96. The van der Waals surface area contributed by atoms with Crippen molar-refractivity contribution in [3.8, 4) is 0 Å². The third-order valence-electron chi connectivity index (χ3n) is 4.24. The van der Waals surface area contributed by atoms with Gasteiger partial charge in [0.05, 0.1) is 12.5 Å². The van der Waals surface area contributed by atoms with Crippen LogP contribution in [0, 0.1) is 11.8 Å². The topological polar surface area (TPSA) is 26.3 Å². The monoisotopic (exact) mass is 292 g/mol. The van der Waals surface area contributed by atoms with Crippen LogP contribution in [0.3, 0.4) is 0 Å². The van der Waals surface area contributed by atoms with Gasteiger partial charge in [0.2, 0.25) is 0 Å². The highest BCUT2D eigenvalue weighted by atomic mass is 16.5. The molecule has 3 rings (SSSR count). The molecule has 112 valence electrons. The third-order valence-corrected chi connectivity index (χ3v) is 4.24. The van der Waals surface area contributed by atoms with Crippen LogP contribution in [0.2, 0.25) is 0 Å². The van der Waals surface area contributed by atoms with E-state index in [1.54, 1.807) is 0 Å². The highest BCUT2D eigenvalue weighted by Crippen LogP contribution is 2.32. The van der Waals surface area contributed by atoms with Crippen LogP contribution in [0.25, 0.3) is 5.76 Å². The summed E-state index contributed by atoms with van der Waals surface area (Å²) in [5, 5.41) is 0. The molecule has 1 aliphatic heterocycles. The number of benzene rings is 2. The van der Waals surface area contributed by atoms with E-state index in [0.717, 1.165) is 23.3 Å². The minimum atomic E-state index is -0.114. The molecule has 2 heteroatoms. The molecule has 22 heavy (non-hydrogen) atoms. The molecule has 0 saturated heterocycles. The van der Waals surface area contributed by atoms with Gasteiger partial charge in [-0.3, -0.25) is 4.79 Å². The summed E-state index contributed by atoms with van der Waals surface area (Å²) < 4.78 is 5.89. The first-order valence-electron chi connectivity index (χ1n) is 7.79. The minimum absolute atomic E-state index is 0.114. The first kappa shape index (κ1) is 14.6. The fourth-order valence-corrected chi connectivity index (χ4v) is 2.89. The van der Waals surface area contributed by atoms with Gasteiger partial charge in [-0.15, -0.1) is 0 Å².